The number of nitrogens with zero attached hydrogens (tertiary/aromatic N) is 1. The van der Waals surface area contributed by atoms with Crippen LogP contribution in [0.3, 0.4) is 0 Å². The van der Waals surface area contributed by atoms with Crippen LogP contribution in [0.2, 0.25) is 0 Å². The van der Waals surface area contributed by atoms with E-state index >= 15 is 0 Å². The Bertz CT molecular complexity index is 184. The lowest BCUT2D eigenvalue weighted by Gasteiger charge is -2.24. The number of ether oxygens (including phenoxy) is 1. The van der Waals surface area contributed by atoms with Gasteiger partial charge in [-0.05, 0) is 12.8 Å². The van der Waals surface area contributed by atoms with Crippen LogP contribution in [0, 0.1) is 0 Å². The second-order valence-corrected chi connectivity index (χ2v) is 2.59. The fourth-order valence-electron chi connectivity index (χ4n) is 1.33. The Labute approximate surface area is 60.6 Å². The summed E-state index contributed by atoms with van der Waals surface area (Å²) in [5, 5.41) is 4.31. The van der Waals surface area contributed by atoms with Crippen molar-refractivity contribution in [2.24, 2.45) is 0 Å². The highest BCUT2D eigenvalue weighted by Crippen LogP contribution is 2.20. The van der Waals surface area contributed by atoms with E-state index in [2.05, 4.69) is 17.5 Å². The van der Waals surface area contributed by atoms with Crippen molar-refractivity contribution in [1.82, 2.24) is 5.32 Å². The van der Waals surface area contributed by atoms with Gasteiger partial charge in [0.15, 0.2) is 6.73 Å². The van der Waals surface area contributed by atoms with Gasteiger partial charge in [-0.1, -0.05) is 12.2 Å². The van der Waals surface area contributed by atoms with Crippen molar-refractivity contribution in [2.75, 3.05) is 6.73 Å². The smallest absolute Gasteiger partial charge is 0.154 e. The number of fused-ring (bicyclic) bond motifs is 1. The largest absolute Gasteiger partial charge is 0.484 e. The third-order valence-electron chi connectivity index (χ3n) is 1.89. The molecule has 1 radical (unpaired) electrons. The summed E-state index contributed by atoms with van der Waals surface area (Å²) in [6, 6.07) is 0.429. The van der Waals surface area contributed by atoms with Gasteiger partial charge in [0.2, 0.25) is 0 Å². The first kappa shape index (κ1) is 5.98. The van der Waals surface area contributed by atoms with Crippen LogP contribution in [0.25, 0.3) is 0 Å². The Morgan fingerprint density at radius 3 is 3.50 bits per heavy atom. The van der Waals surface area contributed by atoms with Crippen LogP contribution in [0.15, 0.2) is 24.0 Å². The van der Waals surface area contributed by atoms with Crippen LogP contribution in [-0.4, -0.2) is 12.8 Å². The fraction of sp³-hybridized carbons (Fsp3) is 0.500. The zero-order valence-electron chi connectivity index (χ0n) is 5.79. The van der Waals surface area contributed by atoms with E-state index in [1.807, 2.05) is 6.26 Å². The van der Waals surface area contributed by atoms with Gasteiger partial charge in [-0.25, -0.2) is 0 Å². The molecule has 0 saturated heterocycles. The summed E-state index contributed by atoms with van der Waals surface area (Å²) < 4.78 is 5.06. The number of hydrogen-bond acceptors (Lipinski definition) is 1. The van der Waals surface area contributed by atoms with Gasteiger partial charge in [-0.3, -0.25) is 0 Å². The molecule has 2 rings (SSSR count). The average molecular weight is 136 g/mol. The summed E-state index contributed by atoms with van der Waals surface area (Å²) in [5.74, 6) is 0. The van der Waals surface area contributed by atoms with E-state index in [0.717, 1.165) is 12.8 Å². The van der Waals surface area contributed by atoms with E-state index in [0.29, 0.717) is 12.8 Å². The Morgan fingerprint density at radius 2 is 2.60 bits per heavy atom. The van der Waals surface area contributed by atoms with E-state index < -0.39 is 0 Å². The summed E-state index contributed by atoms with van der Waals surface area (Å²) in [4.78, 5) is 0. The summed E-state index contributed by atoms with van der Waals surface area (Å²) >= 11 is 0. The average Bonchev–Trinajstić information content (AvgIpc) is 2.05. The SMILES string of the molecule is C1=CC2=COC[N]C2CC1. The highest BCUT2D eigenvalue weighted by molar-refractivity contribution is 5.26. The van der Waals surface area contributed by atoms with Gasteiger partial charge in [0.05, 0.1) is 12.3 Å². The maximum atomic E-state index is 5.06. The highest BCUT2D eigenvalue weighted by atomic mass is 16.5. The number of rotatable bonds is 0. The van der Waals surface area contributed by atoms with Crippen LogP contribution >= 0.6 is 0 Å². The third kappa shape index (κ3) is 0.948. The lowest BCUT2D eigenvalue weighted by Crippen LogP contribution is -2.30. The van der Waals surface area contributed by atoms with E-state index in [1.54, 1.807) is 0 Å². The monoisotopic (exact) mass is 136 g/mol. The molecule has 0 spiro atoms. The van der Waals surface area contributed by atoms with Gasteiger partial charge >= 0.3 is 0 Å². The molecular weight excluding hydrogens is 126 g/mol. The summed E-state index contributed by atoms with van der Waals surface area (Å²) in [5.41, 5.74) is 1.23. The Hall–Kier alpha value is -0.760. The Balaban J connectivity index is 2.21. The van der Waals surface area contributed by atoms with Gasteiger partial charge in [0, 0.05) is 5.57 Å². The van der Waals surface area contributed by atoms with Crippen molar-refractivity contribution < 1.29 is 4.74 Å². The van der Waals surface area contributed by atoms with E-state index in [-0.39, 0.29) is 0 Å². The summed E-state index contributed by atoms with van der Waals surface area (Å²) in [6.07, 6.45) is 8.42. The van der Waals surface area contributed by atoms with Crippen LogP contribution in [0.1, 0.15) is 12.8 Å². The molecule has 1 unspecified atom stereocenters. The van der Waals surface area contributed by atoms with Crippen molar-refractivity contribution >= 4 is 0 Å². The van der Waals surface area contributed by atoms with E-state index in [4.69, 9.17) is 4.74 Å². The lowest BCUT2D eigenvalue weighted by molar-refractivity contribution is 0.181. The lowest BCUT2D eigenvalue weighted by atomic mass is 9.97. The minimum absolute atomic E-state index is 0.429. The minimum Gasteiger partial charge on any atom is -0.484 e. The van der Waals surface area contributed by atoms with Gasteiger partial charge in [0.25, 0.3) is 0 Å². The molecule has 10 heavy (non-hydrogen) atoms. The molecule has 0 amide bonds. The van der Waals surface area contributed by atoms with Crippen molar-refractivity contribution in [3.8, 4) is 0 Å². The second kappa shape index (κ2) is 2.46. The van der Waals surface area contributed by atoms with Crippen LogP contribution in [0.5, 0.6) is 0 Å². The molecule has 0 aromatic rings. The van der Waals surface area contributed by atoms with E-state index in [9.17, 15) is 0 Å². The Kier molecular flexibility index (Phi) is 1.47. The molecule has 2 nitrogen and oxygen atoms in total. The maximum absolute atomic E-state index is 5.06. The van der Waals surface area contributed by atoms with Crippen molar-refractivity contribution in [2.45, 2.75) is 18.9 Å². The molecule has 0 aromatic carbocycles. The molecule has 1 heterocycles. The highest BCUT2D eigenvalue weighted by Gasteiger charge is 2.18. The third-order valence-corrected chi connectivity index (χ3v) is 1.89. The Morgan fingerprint density at radius 1 is 1.60 bits per heavy atom. The maximum Gasteiger partial charge on any atom is 0.154 e. The molecule has 1 aliphatic carbocycles. The van der Waals surface area contributed by atoms with E-state index in [1.165, 1.54) is 5.57 Å². The zero-order valence-corrected chi connectivity index (χ0v) is 5.79. The number of hydrogen-bond donors (Lipinski definition) is 0. The van der Waals surface area contributed by atoms with Gasteiger partial charge in [-0.15, -0.1) is 0 Å². The molecule has 0 aromatic heterocycles. The van der Waals surface area contributed by atoms with Crippen molar-refractivity contribution in [3.05, 3.63) is 24.0 Å². The molecule has 53 valence electrons. The molecule has 0 saturated carbocycles. The van der Waals surface area contributed by atoms with Gasteiger partial charge < -0.3 is 4.74 Å². The van der Waals surface area contributed by atoms with Crippen LogP contribution in [-0.2, 0) is 4.74 Å². The standard InChI is InChI=1S/C8H10NO/c1-2-4-8-7(3-1)5-10-6-9-8/h1,3,5,8H,2,4,6H2. The summed E-state index contributed by atoms with van der Waals surface area (Å²) in [7, 11) is 0. The fourth-order valence-corrected chi connectivity index (χ4v) is 1.33. The summed E-state index contributed by atoms with van der Waals surface area (Å²) in [6.45, 7) is 0.544. The first-order valence-corrected chi connectivity index (χ1v) is 3.61. The molecule has 2 aliphatic rings. The first-order valence-electron chi connectivity index (χ1n) is 3.61. The van der Waals surface area contributed by atoms with Crippen LogP contribution < -0.4 is 5.32 Å². The predicted octanol–water partition coefficient (Wildman–Crippen LogP) is 1.18. The first-order chi connectivity index (χ1) is 4.97. The molecule has 0 N–H and O–H groups in total. The van der Waals surface area contributed by atoms with Crippen molar-refractivity contribution in [1.29, 1.82) is 0 Å². The molecule has 1 atom stereocenters. The normalized spacial score (nSPS) is 30.4. The molecule has 1 aliphatic heterocycles. The van der Waals surface area contributed by atoms with Crippen molar-refractivity contribution in [3.63, 3.8) is 0 Å². The molecular formula is C8H10NO. The van der Waals surface area contributed by atoms with Gasteiger partial charge in [-0.2, -0.15) is 5.32 Å². The van der Waals surface area contributed by atoms with Crippen LogP contribution in [0.4, 0.5) is 0 Å². The minimum atomic E-state index is 0.429. The molecule has 0 fully saturated rings. The quantitative estimate of drug-likeness (QED) is 0.490. The predicted molar refractivity (Wildman–Crippen MR) is 38.3 cm³/mol. The molecule has 0 bridgehead atoms. The number of allylic oxidation sites excluding steroid dienone is 1. The zero-order chi connectivity index (χ0) is 6.81. The molecule has 2 heteroatoms. The topological polar surface area (TPSA) is 23.3 Å². The van der Waals surface area contributed by atoms with Gasteiger partial charge in [0.1, 0.15) is 0 Å². The second-order valence-electron chi connectivity index (χ2n) is 2.59.